The van der Waals surface area contributed by atoms with Crippen LogP contribution >= 0.6 is 0 Å². The van der Waals surface area contributed by atoms with Gasteiger partial charge in [0.2, 0.25) is 15.9 Å². The van der Waals surface area contributed by atoms with Crippen LogP contribution in [0.1, 0.15) is 53.0 Å². The number of benzene rings is 1. The third-order valence-corrected chi connectivity index (χ3v) is 5.91. The highest BCUT2D eigenvalue weighted by molar-refractivity contribution is 7.89. The number of amides is 1. The lowest BCUT2D eigenvalue weighted by molar-refractivity contribution is -0.122. The molecule has 0 radical (unpaired) electrons. The van der Waals surface area contributed by atoms with Gasteiger partial charge in [0.1, 0.15) is 5.75 Å². The van der Waals surface area contributed by atoms with Gasteiger partial charge in [0.15, 0.2) is 0 Å². The van der Waals surface area contributed by atoms with Crippen LogP contribution in [0.4, 0.5) is 0 Å². The fraction of sp³-hybridized carbons (Fsp3) is 0.650. The van der Waals surface area contributed by atoms with Crippen molar-refractivity contribution in [1.29, 1.82) is 0 Å². The molecule has 0 aliphatic rings. The van der Waals surface area contributed by atoms with Crippen molar-refractivity contribution < 1.29 is 17.9 Å². The van der Waals surface area contributed by atoms with E-state index in [1.165, 1.54) is 31.6 Å². The number of nitrogens with one attached hydrogen (secondary N) is 1. The van der Waals surface area contributed by atoms with E-state index in [0.29, 0.717) is 17.7 Å². The molecule has 1 N–H and O–H groups in total. The van der Waals surface area contributed by atoms with E-state index in [-0.39, 0.29) is 28.2 Å². The van der Waals surface area contributed by atoms with Crippen LogP contribution in [0.2, 0.25) is 0 Å². The van der Waals surface area contributed by atoms with E-state index in [4.69, 9.17) is 4.74 Å². The van der Waals surface area contributed by atoms with Gasteiger partial charge in [-0.25, -0.2) is 12.7 Å². The summed E-state index contributed by atoms with van der Waals surface area (Å²) in [5.41, 5.74) is 0.494. The summed E-state index contributed by atoms with van der Waals surface area (Å²) in [5.74, 6) is 0.515. The Balaban J connectivity index is 2.91. The molecule has 1 aromatic carbocycles. The van der Waals surface area contributed by atoms with Crippen molar-refractivity contribution in [2.45, 2.75) is 64.3 Å². The van der Waals surface area contributed by atoms with Gasteiger partial charge in [-0.15, -0.1) is 0 Å². The first kappa shape index (κ1) is 23.4. The first-order valence-electron chi connectivity index (χ1n) is 9.08. The average Bonchev–Trinajstić information content (AvgIpc) is 2.49. The number of methoxy groups -OCH3 is 1. The fourth-order valence-electron chi connectivity index (χ4n) is 3.38. The van der Waals surface area contributed by atoms with Crippen molar-refractivity contribution in [3.8, 4) is 5.75 Å². The SMILES string of the molecule is COc1ccc(S(=O)(=O)N(C)C)cc1CCC(=O)NC(C)(C)CC(C)(C)C. The zero-order valence-electron chi connectivity index (χ0n) is 17.8. The maximum absolute atomic E-state index is 12.4. The van der Waals surface area contributed by atoms with Gasteiger partial charge in [-0.05, 0) is 55.9 Å². The minimum absolute atomic E-state index is 0.0628. The monoisotopic (exact) mass is 398 g/mol. The van der Waals surface area contributed by atoms with Gasteiger partial charge < -0.3 is 10.1 Å². The van der Waals surface area contributed by atoms with E-state index < -0.39 is 10.0 Å². The molecule has 0 spiro atoms. The Kier molecular flexibility index (Phi) is 7.47. The highest BCUT2D eigenvalue weighted by Crippen LogP contribution is 2.28. The lowest BCUT2D eigenvalue weighted by Gasteiger charge is -2.33. The molecule has 1 amide bonds. The Labute approximate surface area is 164 Å². The van der Waals surface area contributed by atoms with Crippen LogP contribution in [-0.4, -0.2) is 45.4 Å². The van der Waals surface area contributed by atoms with E-state index in [0.717, 1.165) is 6.42 Å². The van der Waals surface area contributed by atoms with Crippen LogP contribution in [0.3, 0.4) is 0 Å². The van der Waals surface area contributed by atoms with Gasteiger partial charge in [0, 0.05) is 26.1 Å². The third-order valence-electron chi connectivity index (χ3n) is 4.10. The normalized spacial score (nSPS) is 12.9. The van der Waals surface area contributed by atoms with Crippen LogP contribution in [0.5, 0.6) is 5.75 Å². The van der Waals surface area contributed by atoms with E-state index >= 15 is 0 Å². The first-order valence-corrected chi connectivity index (χ1v) is 10.5. The Morgan fingerprint density at radius 3 is 2.22 bits per heavy atom. The number of carbonyl (C=O) groups excluding carboxylic acids is 1. The predicted octanol–water partition coefficient (Wildman–Crippen LogP) is 3.21. The molecule has 0 saturated heterocycles. The highest BCUT2D eigenvalue weighted by Gasteiger charge is 2.27. The van der Waals surface area contributed by atoms with Crippen molar-refractivity contribution in [2.24, 2.45) is 5.41 Å². The Hall–Kier alpha value is -1.60. The van der Waals surface area contributed by atoms with Gasteiger partial charge in [0.25, 0.3) is 0 Å². The van der Waals surface area contributed by atoms with Crippen molar-refractivity contribution in [3.05, 3.63) is 23.8 Å². The molecule has 0 fully saturated rings. The highest BCUT2D eigenvalue weighted by atomic mass is 32.2. The van der Waals surface area contributed by atoms with Gasteiger partial charge in [-0.3, -0.25) is 4.79 Å². The van der Waals surface area contributed by atoms with Gasteiger partial charge in [-0.2, -0.15) is 0 Å². The molecule has 0 aromatic heterocycles. The molecule has 0 saturated carbocycles. The smallest absolute Gasteiger partial charge is 0.242 e. The van der Waals surface area contributed by atoms with Gasteiger partial charge in [-0.1, -0.05) is 20.8 Å². The van der Waals surface area contributed by atoms with Gasteiger partial charge >= 0.3 is 0 Å². The molecule has 0 atom stereocenters. The number of hydrogen-bond acceptors (Lipinski definition) is 4. The second-order valence-electron chi connectivity index (χ2n) is 8.93. The quantitative estimate of drug-likeness (QED) is 0.730. The minimum atomic E-state index is -3.53. The molecule has 0 aliphatic carbocycles. The second kappa shape index (κ2) is 8.61. The Bertz CT molecular complexity index is 763. The summed E-state index contributed by atoms with van der Waals surface area (Å²) in [6.07, 6.45) is 1.51. The molecule has 0 heterocycles. The lowest BCUT2D eigenvalue weighted by Crippen LogP contribution is -2.45. The molecule has 0 aliphatic heterocycles. The molecule has 0 unspecified atom stereocenters. The summed E-state index contributed by atoms with van der Waals surface area (Å²) in [6.45, 7) is 10.5. The number of hydrogen-bond donors (Lipinski definition) is 1. The van der Waals surface area contributed by atoms with Crippen LogP contribution in [0.15, 0.2) is 23.1 Å². The zero-order valence-corrected chi connectivity index (χ0v) is 18.7. The van der Waals surface area contributed by atoms with E-state index in [1.54, 1.807) is 12.1 Å². The van der Waals surface area contributed by atoms with Crippen LogP contribution in [0.25, 0.3) is 0 Å². The Morgan fingerprint density at radius 2 is 1.74 bits per heavy atom. The van der Waals surface area contributed by atoms with E-state index in [2.05, 4.69) is 26.1 Å². The maximum atomic E-state index is 12.4. The summed E-state index contributed by atoms with van der Waals surface area (Å²) >= 11 is 0. The molecular weight excluding hydrogens is 364 g/mol. The zero-order chi connectivity index (χ0) is 21.0. The molecule has 6 nitrogen and oxygen atoms in total. The molecule has 1 rings (SSSR count). The minimum Gasteiger partial charge on any atom is -0.496 e. The van der Waals surface area contributed by atoms with Gasteiger partial charge in [0.05, 0.1) is 12.0 Å². The molecule has 27 heavy (non-hydrogen) atoms. The first-order chi connectivity index (χ1) is 12.2. The number of nitrogens with zero attached hydrogens (tertiary/aromatic N) is 1. The van der Waals surface area contributed by atoms with E-state index in [1.807, 2.05) is 13.8 Å². The molecule has 154 valence electrons. The average molecular weight is 399 g/mol. The van der Waals surface area contributed by atoms with Crippen molar-refractivity contribution in [2.75, 3.05) is 21.2 Å². The summed E-state index contributed by atoms with van der Waals surface area (Å²) in [4.78, 5) is 12.6. The van der Waals surface area contributed by atoms with Crippen LogP contribution in [0, 0.1) is 5.41 Å². The number of carbonyl (C=O) groups is 1. The van der Waals surface area contributed by atoms with Crippen LogP contribution < -0.4 is 10.1 Å². The van der Waals surface area contributed by atoms with Crippen molar-refractivity contribution in [1.82, 2.24) is 9.62 Å². The Morgan fingerprint density at radius 1 is 1.15 bits per heavy atom. The number of rotatable bonds is 8. The van der Waals surface area contributed by atoms with Crippen LogP contribution in [-0.2, 0) is 21.2 Å². The molecule has 1 aromatic rings. The number of aryl methyl sites for hydroxylation is 1. The molecule has 0 bridgehead atoms. The van der Waals surface area contributed by atoms with Crippen molar-refractivity contribution in [3.63, 3.8) is 0 Å². The largest absolute Gasteiger partial charge is 0.496 e. The number of ether oxygens (including phenoxy) is 1. The number of sulfonamides is 1. The summed E-state index contributed by atoms with van der Waals surface area (Å²) < 4.78 is 31.2. The maximum Gasteiger partial charge on any atom is 0.242 e. The van der Waals surface area contributed by atoms with Crippen molar-refractivity contribution >= 4 is 15.9 Å². The third kappa shape index (κ3) is 7.14. The summed E-state index contributed by atoms with van der Waals surface area (Å²) in [7, 11) is 0.978. The summed E-state index contributed by atoms with van der Waals surface area (Å²) in [5, 5.41) is 3.08. The fourth-order valence-corrected chi connectivity index (χ4v) is 4.33. The standard InChI is InChI=1S/C20H34N2O4S/c1-19(2,3)14-20(4,5)21-18(23)12-9-15-13-16(10-11-17(15)26-8)27(24,25)22(6)7/h10-11,13H,9,12,14H2,1-8H3,(H,21,23). The summed E-state index contributed by atoms with van der Waals surface area (Å²) in [6, 6.07) is 4.74. The predicted molar refractivity (Wildman–Crippen MR) is 108 cm³/mol. The molecular formula is C20H34N2O4S. The topological polar surface area (TPSA) is 75.7 Å². The van der Waals surface area contributed by atoms with E-state index in [9.17, 15) is 13.2 Å². The molecule has 7 heteroatoms. The lowest BCUT2D eigenvalue weighted by atomic mass is 9.81. The second-order valence-corrected chi connectivity index (χ2v) is 11.1.